The summed E-state index contributed by atoms with van der Waals surface area (Å²) in [4.78, 5) is 24.1. The molecule has 2 bridgehead atoms. The standard InChI is InChI=1S/C29H27FN4O/c30-23-8-7-20-11-19(5-6-21(20)12-23)17-34-25-9-10-26(34)14-24(13-25)33-29(35)28-4-2-1-3-27(28)22-15-31-18-32-16-22/h1-8,11-12,15-16,18,24-26H,9-10,13-14,17H2,(H,33,35)/t24?,25-,26+. The van der Waals surface area contributed by atoms with E-state index >= 15 is 0 Å². The number of hydrogen-bond donors (Lipinski definition) is 1. The minimum Gasteiger partial charge on any atom is -0.349 e. The van der Waals surface area contributed by atoms with E-state index in [0.717, 1.165) is 54.1 Å². The number of halogens is 1. The molecule has 0 radical (unpaired) electrons. The third-order valence-electron chi connectivity index (χ3n) is 7.49. The smallest absolute Gasteiger partial charge is 0.252 e. The highest BCUT2D eigenvalue weighted by atomic mass is 19.1. The van der Waals surface area contributed by atoms with Crippen molar-refractivity contribution in [1.29, 1.82) is 0 Å². The fourth-order valence-electron chi connectivity index (χ4n) is 5.86. The number of piperidine rings is 1. The molecule has 0 aliphatic carbocycles. The number of nitrogens with zero attached hydrogens (tertiary/aromatic N) is 3. The van der Waals surface area contributed by atoms with Crippen LogP contribution in [0.3, 0.4) is 0 Å². The maximum atomic E-state index is 13.5. The van der Waals surface area contributed by atoms with Crippen molar-refractivity contribution >= 4 is 16.7 Å². The molecule has 3 aromatic carbocycles. The van der Waals surface area contributed by atoms with Crippen LogP contribution in [0.25, 0.3) is 21.9 Å². The van der Waals surface area contributed by atoms with Crippen LogP contribution in [0.5, 0.6) is 0 Å². The predicted molar refractivity (Wildman–Crippen MR) is 134 cm³/mol. The predicted octanol–water partition coefficient (Wildman–Crippen LogP) is 5.36. The van der Waals surface area contributed by atoms with Crippen molar-refractivity contribution in [2.45, 2.75) is 50.4 Å². The first-order chi connectivity index (χ1) is 17.1. The average molecular weight is 467 g/mol. The monoisotopic (exact) mass is 466 g/mol. The number of rotatable bonds is 5. The Bertz CT molecular complexity index is 1360. The Morgan fingerprint density at radius 1 is 0.943 bits per heavy atom. The van der Waals surface area contributed by atoms with Crippen molar-refractivity contribution in [3.63, 3.8) is 0 Å². The maximum Gasteiger partial charge on any atom is 0.252 e. The third kappa shape index (κ3) is 4.42. The minimum absolute atomic E-state index is 0.0379. The van der Waals surface area contributed by atoms with E-state index in [1.807, 2.05) is 36.4 Å². The maximum absolute atomic E-state index is 13.5. The fourth-order valence-corrected chi connectivity index (χ4v) is 5.86. The van der Waals surface area contributed by atoms with Crippen LogP contribution in [0.15, 0.2) is 79.4 Å². The Kier molecular flexibility index (Phi) is 5.74. The Morgan fingerprint density at radius 2 is 1.66 bits per heavy atom. The molecule has 2 aliphatic heterocycles. The van der Waals surface area contributed by atoms with Crippen LogP contribution in [0, 0.1) is 5.82 Å². The number of fused-ring (bicyclic) bond motifs is 3. The molecule has 5 nitrogen and oxygen atoms in total. The molecule has 2 saturated heterocycles. The molecule has 1 unspecified atom stereocenters. The van der Waals surface area contributed by atoms with Gasteiger partial charge in [-0.1, -0.05) is 36.4 Å². The van der Waals surface area contributed by atoms with Crippen LogP contribution in [-0.4, -0.2) is 38.9 Å². The number of nitrogens with one attached hydrogen (secondary N) is 1. The number of benzene rings is 3. The van der Waals surface area contributed by atoms with Crippen LogP contribution in [0.4, 0.5) is 4.39 Å². The number of hydrogen-bond acceptors (Lipinski definition) is 4. The van der Waals surface area contributed by atoms with Gasteiger partial charge in [-0.2, -0.15) is 0 Å². The number of amides is 1. The van der Waals surface area contributed by atoms with Crippen LogP contribution < -0.4 is 5.32 Å². The van der Waals surface area contributed by atoms with Crippen molar-refractivity contribution < 1.29 is 9.18 Å². The third-order valence-corrected chi connectivity index (χ3v) is 7.49. The van der Waals surface area contributed by atoms with Gasteiger partial charge in [0.05, 0.1) is 0 Å². The first-order valence-electron chi connectivity index (χ1n) is 12.2. The summed E-state index contributed by atoms with van der Waals surface area (Å²) < 4.78 is 13.5. The molecule has 1 aromatic heterocycles. The van der Waals surface area contributed by atoms with Crippen LogP contribution >= 0.6 is 0 Å². The highest BCUT2D eigenvalue weighted by Crippen LogP contribution is 2.37. The lowest BCUT2D eigenvalue weighted by molar-refractivity contribution is 0.0828. The summed E-state index contributed by atoms with van der Waals surface area (Å²) >= 11 is 0. The van der Waals surface area contributed by atoms with E-state index in [-0.39, 0.29) is 17.8 Å². The summed E-state index contributed by atoms with van der Waals surface area (Å²) in [5.41, 5.74) is 3.60. The molecule has 2 fully saturated rings. The zero-order valence-electron chi connectivity index (χ0n) is 19.4. The fraction of sp³-hybridized carbons (Fsp3) is 0.276. The number of carbonyl (C=O) groups excluding carboxylic acids is 1. The molecule has 3 atom stereocenters. The summed E-state index contributed by atoms with van der Waals surface area (Å²) in [5, 5.41) is 5.32. The summed E-state index contributed by atoms with van der Waals surface area (Å²) in [7, 11) is 0. The van der Waals surface area contributed by atoms with Gasteiger partial charge in [0, 0.05) is 48.2 Å². The van der Waals surface area contributed by atoms with E-state index in [1.54, 1.807) is 18.5 Å². The normalized spacial score (nSPS) is 21.8. The molecule has 6 heteroatoms. The molecule has 176 valence electrons. The van der Waals surface area contributed by atoms with E-state index in [1.165, 1.54) is 18.0 Å². The van der Waals surface area contributed by atoms with Crippen molar-refractivity contribution in [2.24, 2.45) is 0 Å². The molecule has 0 spiro atoms. The highest BCUT2D eigenvalue weighted by Gasteiger charge is 2.41. The van der Waals surface area contributed by atoms with E-state index in [2.05, 4.69) is 32.3 Å². The molecular weight excluding hydrogens is 439 g/mol. The van der Waals surface area contributed by atoms with Gasteiger partial charge < -0.3 is 5.32 Å². The van der Waals surface area contributed by atoms with Gasteiger partial charge >= 0.3 is 0 Å². The number of carbonyl (C=O) groups is 1. The SMILES string of the molecule is O=C(NC1C[C@H]2CC[C@@H](C1)N2Cc1ccc2cc(F)ccc2c1)c1ccccc1-c1cncnc1. The molecule has 1 amide bonds. The van der Waals surface area contributed by atoms with Gasteiger partial charge in [0.15, 0.2) is 0 Å². The first-order valence-corrected chi connectivity index (χ1v) is 12.2. The van der Waals surface area contributed by atoms with Crippen molar-refractivity contribution in [1.82, 2.24) is 20.2 Å². The second kappa shape index (κ2) is 9.19. The summed E-state index contributed by atoms with van der Waals surface area (Å²) in [6.07, 6.45) is 9.20. The molecule has 1 N–H and O–H groups in total. The lowest BCUT2D eigenvalue weighted by Gasteiger charge is -2.39. The molecule has 0 saturated carbocycles. The molecular formula is C29H27FN4O. The quantitative estimate of drug-likeness (QED) is 0.430. The Hall–Kier alpha value is -3.64. The zero-order chi connectivity index (χ0) is 23.8. The molecule has 35 heavy (non-hydrogen) atoms. The minimum atomic E-state index is -0.202. The first kappa shape index (κ1) is 21.9. The number of aromatic nitrogens is 2. The second-order valence-electron chi connectivity index (χ2n) is 9.70. The van der Waals surface area contributed by atoms with E-state index < -0.39 is 0 Å². The molecule has 2 aliphatic rings. The van der Waals surface area contributed by atoms with E-state index in [0.29, 0.717) is 17.6 Å². The summed E-state index contributed by atoms with van der Waals surface area (Å²) in [6, 6.07) is 20.0. The Morgan fingerprint density at radius 3 is 2.46 bits per heavy atom. The lowest BCUT2D eigenvalue weighted by Crippen LogP contribution is -2.50. The van der Waals surface area contributed by atoms with E-state index in [4.69, 9.17) is 0 Å². The van der Waals surface area contributed by atoms with Gasteiger partial charge in [-0.25, -0.2) is 14.4 Å². The van der Waals surface area contributed by atoms with E-state index in [9.17, 15) is 9.18 Å². The molecule has 3 heterocycles. The van der Waals surface area contributed by atoms with Crippen molar-refractivity contribution in [3.05, 3.63) is 96.3 Å². The van der Waals surface area contributed by atoms with Gasteiger partial charge in [-0.05, 0) is 71.8 Å². The highest BCUT2D eigenvalue weighted by molar-refractivity contribution is 6.00. The Labute approximate surface area is 204 Å². The van der Waals surface area contributed by atoms with Gasteiger partial charge in [-0.15, -0.1) is 0 Å². The summed E-state index contributed by atoms with van der Waals surface area (Å²) in [6.45, 7) is 0.889. The van der Waals surface area contributed by atoms with Crippen LogP contribution in [0.2, 0.25) is 0 Å². The van der Waals surface area contributed by atoms with Crippen LogP contribution in [-0.2, 0) is 6.54 Å². The lowest BCUT2D eigenvalue weighted by atomic mass is 9.95. The second-order valence-corrected chi connectivity index (χ2v) is 9.70. The van der Waals surface area contributed by atoms with Crippen molar-refractivity contribution in [2.75, 3.05) is 0 Å². The van der Waals surface area contributed by atoms with Gasteiger partial charge in [0.25, 0.3) is 5.91 Å². The Balaban J connectivity index is 1.14. The van der Waals surface area contributed by atoms with Gasteiger partial charge in [0.1, 0.15) is 12.1 Å². The summed E-state index contributed by atoms with van der Waals surface area (Å²) in [5.74, 6) is -0.240. The molecule has 4 aromatic rings. The molecule has 6 rings (SSSR count). The average Bonchev–Trinajstić information content (AvgIpc) is 3.11. The topological polar surface area (TPSA) is 58.1 Å². The van der Waals surface area contributed by atoms with Crippen LogP contribution in [0.1, 0.15) is 41.6 Å². The van der Waals surface area contributed by atoms with Crippen molar-refractivity contribution in [3.8, 4) is 11.1 Å². The largest absolute Gasteiger partial charge is 0.349 e. The zero-order valence-corrected chi connectivity index (χ0v) is 19.4. The van der Waals surface area contributed by atoms with Gasteiger partial charge in [0.2, 0.25) is 0 Å². The van der Waals surface area contributed by atoms with Gasteiger partial charge in [-0.3, -0.25) is 9.69 Å².